The van der Waals surface area contributed by atoms with Gasteiger partial charge in [0, 0.05) is 0 Å². The number of aliphatic hydroxyl groups is 2. The second-order valence-electron chi connectivity index (χ2n) is 4.92. The minimum absolute atomic E-state index is 0.0402. The van der Waals surface area contributed by atoms with Gasteiger partial charge in [-0.1, -0.05) is 0 Å². The Morgan fingerprint density at radius 2 is 1.50 bits per heavy atom. The van der Waals surface area contributed by atoms with Crippen LogP contribution in [-0.2, 0) is 0 Å². The first kappa shape index (κ1) is 7.34. The van der Waals surface area contributed by atoms with Gasteiger partial charge in [0.05, 0.1) is 12.2 Å². The highest BCUT2D eigenvalue weighted by atomic mass is 16.3. The van der Waals surface area contributed by atoms with E-state index in [0.29, 0.717) is 11.8 Å². The molecule has 0 saturated heterocycles. The molecule has 68 valence electrons. The monoisotopic (exact) mass is 168 g/mol. The Hall–Kier alpha value is -0.0800. The van der Waals surface area contributed by atoms with Gasteiger partial charge in [0.2, 0.25) is 0 Å². The van der Waals surface area contributed by atoms with Crippen molar-refractivity contribution in [2.75, 3.05) is 0 Å². The predicted octanol–water partition coefficient (Wildman–Crippen LogP) is 0.774. The van der Waals surface area contributed by atoms with Crippen molar-refractivity contribution in [3.63, 3.8) is 0 Å². The Balaban J connectivity index is 1.86. The van der Waals surface area contributed by atoms with Crippen LogP contribution in [0.1, 0.15) is 25.7 Å². The van der Waals surface area contributed by atoms with Crippen molar-refractivity contribution in [1.29, 1.82) is 0 Å². The van der Waals surface area contributed by atoms with Gasteiger partial charge in [-0.15, -0.1) is 0 Å². The van der Waals surface area contributed by atoms with Crippen molar-refractivity contribution in [3.05, 3.63) is 0 Å². The lowest BCUT2D eigenvalue weighted by molar-refractivity contribution is 0.0633. The minimum atomic E-state index is -0.0596. The summed E-state index contributed by atoms with van der Waals surface area (Å²) in [6.07, 6.45) is 4.13. The van der Waals surface area contributed by atoms with E-state index in [1.165, 1.54) is 6.42 Å². The summed E-state index contributed by atoms with van der Waals surface area (Å²) in [5.74, 6) is 2.70. The summed E-state index contributed by atoms with van der Waals surface area (Å²) >= 11 is 0. The maximum Gasteiger partial charge on any atom is 0.0574 e. The van der Waals surface area contributed by atoms with E-state index in [1.54, 1.807) is 0 Å². The highest BCUT2D eigenvalue weighted by Gasteiger charge is 2.55. The molecule has 0 amide bonds. The molecule has 3 aliphatic rings. The second-order valence-corrected chi connectivity index (χ2v) is 4.92. The Morgan fingerprint density at radius 3 is 2.33 bits per heavy atom. The van der Waals surface area contributed by atoms with Gasteiger partial charge in [0.25, 0.3) is 0 Å². The molecule has 0 aromatic rings. The van der Waals surface area contributed by atoms with Gasteiger partial charge in [0.1, 0.15) is 0 Å². The number of fused-ring (bicyclic) bond motifs is 5. The van der Waals surface area contributed by atoms with E-state index in [2.05, 4.69) is 0 Å². The minimum Gasteiger partial charge on any atom is -0.393 e. The van der Waals surface area contributed by atoms with Crippen LogP contribution in [0.3, 0.4) is 0 Å². The SMILES string of the molecule is OC1C[C@H]2[C@H]3CC(O)[C@H](C3)[C@H]2C1. The Bertz CT molecular complexity index is 200. The first-order chi connectivity index (χ1) is 5.75. The molecule has 3 fully saturated rings. The van der Waals surface area contributed by atoms with Crippen molar-refractivity contribution in [2.45, 2.75) is 37.9 Å². The number of aliphatic hydroxyl groups excluding tert-OH is 2. The molecule has 0 aromatic carbocycles. The summed E-state index contributed by atoms with van der Waals surface area (Å²) in [5.41, 5.74) is 0. The fourth-order valence-electron chi connectivity index (χ4n) is 4.01. The van der Waals surface area contributed by atoms with Gasteiger partial charge in [-0.3, -0.25) is 0 Å². The van der Waals surface area contributed by atoms with Crippen molar-refractivity contribution in [3.8, 4) is 0 Å². The number of hydrogen-bond donors (Lipinski definition) is 2. The molecule has 6 atom stereocenters. The van der Waals surface area contributed by atoms with Crippen LogP contribution in [0.25, 0.3) is 0 Å². The third-order valence-corrected chi connectivity index (χ3v) is 4.41. The molecule has 2 unspecified atom stereocenters. The zero-order valence-corrected chi connectivity index (χ0v) is 7.19. The van der Waals surface area contributed by atoms with Crippen LogP contribution in [0.15, 0.2) is 0 Å². The third-order valence-electron chi connectivity index (χ3n) is 4.41. The average molecular weight is 168 g/mol. The molecule has 12 heavy (non-hydrogen) atoms. The topological polar surface area (TPSA) is 40.5 Å². The number of rotatable bonds is 0. The molecule has 2 nitrogen and oxygen atoms in total. The summed E-state index contributed by atoms with van der Waals surface area (Å²) < 4.78 is 0. The molecule has 0 heterocycles. The van der Waals surface area contributed by atoms with Crippen LogP contribution in [0, 0.1) is 23.7 Å². The first-order valence-electron chi connectivity index (χ1n) is 5.12. The first-order valence-corrected chi connectivity index (χ1v) is 5.12. The van der Waals surface area contributed by atoms with Crippen LogP contribution < -0.4 is 0 Å². The van der Waals surface area contributed by atoms with Crippen molar-refractivity contribution in [1.82, 2.24) is 0 Å². The summed E-state index contributed by atoms with van der Waals surface area (Å²) in [5, 5.41) is 19.2. The zero-order valence-electron chi connectivity index (χ0n) is 7.19. The third kappa shape index (κ3) is 0.775. The Labute approximate surface area is 72.6 Å². The van der Waals surface area contributed by atoms with Gasteiger partial charge in [-0.2, -0.15) is 0 Å². The maximum absolute atomic E-state index is 9.67. The Morgan fingerprint density at radius 1 is 0.750 bits per heavy atom. The highest BCUT2D eigenvalue weighted by molar-refractivity contribution is 5.04. The maximum atomic E-state index is 9.67. The van der Waals surface area contributed by atoms with E-state index in [-0.39, 0.29) is 12.2 Å². The van der Waals surface area contributed by atoms with Crippen LogP contribution in [0.2, 0.25) is 0 Å². The van der Waals surface area contributed by atoms with Crippen LogP contribution in [0.4, 0.5) is 0 Å². The van der Waals surface area contributed by atoms with Gasteiger partial charge in [-0.25, -0.2) is 0 Å². The molecule has 2 N–H and O–H groups in total. The second kappa shape index (κ2) is 2.24. The van der Waals surface area contributed by atoms with Crippen molar-refractivity contribution < 1.29 is 10.2 Å². The molecular formula is C10H16O2. The standard InChI is InChI=1S/C10H16O2/c11-6-3-7-5-1-9(8(7)4-6)10(12)2-5/h5-12H,1-4H2/t5-,6?,7+,8+,9-,10?/m1/s1. The molecule has 0 radical (unpaired) electrons. The van der Waals surface area contributed by atoms with Crippen LogP contribution in [0.5, 0.6) is 0 Å². The molecule has 0 spiro atoms. The van der Waals surface area contributed by atoms with E-state index in [9.17, 15) is 10.2 Å². The lowest BCUT2D eigenvalue weighted by atomic mass is 9.80. The zero-order chi connectivity index (χ0) is 8.29. The molecule has 0 aromatic heterocycles. The molecular weight excluding hydrogens is 152 g/mol. The van der Waals surface area contributed by atoms with E-state index >= 15 is 0 Å². The number of hydrogen-bond acceptors (Lipinski definition) is 2. The van der Waals surface area contributed by atoms with E-state index < -0.39 is 0 Å². The average Bonchev–Trinajstić information content (AvgIpc) is 2.57. The van der Waals surface area contributed by atoms with Crippen molar-refractivity contribution >= 4 is 0 Å². The highest BCUT2D eigenvalue weighted by Crippen LogP contribution is 2.58. The normalized spacial score (nSPS) is 62.5. The smallest absolute Gasteiger partial charge is 0.0574 e. The predicted molar refractivity (Wildman–Crippen MR) is 44.4 cm³/mol. The fourth-order valence-corrected chi connectivity index (χ4v) is 4.01. The lowest BCUT2D eigenvalue weighted by Gasteiger charge is -2.27. The van der Waals surface area contributed by atoms with E-state index in [1.807, 2.05) is 0 Å². The van der Waals surface area contributed by atoms with E-state index in [4.69, 9.17) is 0 Å². The molecule has 3 saturated carbocycles. The van der Waals surface area contributed by atoms with Crippen LogP contribution in [-0.4, -0.2) is 22.4 Å². The molecule has 0 aliphatic heterocycles. The van der Waals surface area contributed by atoms with Gasteiger partial charge >= 0.3 is 0 Å². The molecule has 3 rings (SSSR count). The Kier molecular flexibility index (Phi) is 1.37. The van der Waals surface area contributed by atoms with Gasteiger partial charge in [0.15, 0.2) is 0 Å². The summed E-state index contributed by atoms with van der Waals surface area (Å²) in [6, 6.07) is 0. The van der Waals surface area contributed by atoms with Gasteiger partial charge < -0.3 is 10.2 Å². The van der Waals surface area contributed by atoms with Crippen LogP contribution >= 0.6 is 0 Å². The fraction of sp³-hybridized carbons (Fsp3) is 1.00. The van der Waals surface area contributed by atoms with E-state index in [0.717, 1.165) is 31.1 Å². The summed E-state index contributed by atoms with van der Waals surface area (Å²) in [7, 11) is 0. The lowest BCUT2D eigenvalue weighted by Crippen LogP contribution is -2.27. The molecule has 2 heteroatoms. The van der Waals surface area contributed by atoms with Crippen molar-refractivity contribution in [2.24, 2.45) is 23.7 Å². The summed E-state index contributed by atoms with van der Waals surface area (Å²) in [4.78, 5) is 0. The molecule has 2 bridgehead atoms. The largest absolute Gasteiger partial charge is 0.393 e. The summed E-state index contributed by atoms with van der Waals surface area (Å²) in [6.45, 7) is 0. The van der Waals surface area contributed by atoms with Gasteiger partial charge in [-0.05, 0) is 49.4 Å². The quantitative estimate of drug-likeness (QED) is 0.561. The molecule has 3 aliphatic carbocycles.